The Morgan fingerprint density at radius 3 is 2.50 bits per heavy atom. The van der Waals surface area contributed by atoms with Crippen molar-refractivity contribution in [3.8, 4) is 6.07 Å². The van der Waals surface area contributed by atoms with Crippen LogP contribution in [-0.2, 0) is 9.53 Å². The number of nitrogens with one attached hydrogen (secondary N) is 2. The second-order valence-corrected chi connectivity index (χ2v) is 3.23. The van der Waals surface area contributed by atoms with Crippen LogP contribution >= 0.6 is 0 Å². The minimum atomic E-state index is -0.737. The molecule has 6 nitrogen and oxygen atoms in total. The Kier molecular flexibility index (Phi) is 5.19. The first-order valence-corrected chi connectivity index (χ1v) is 5.40. The molecule has 0 aliphatic carbocycles. The Morgan fingerprint density at radius 2 is 2.00 bits per heavy atom. The van der Waals surface area contributed by atoms with Gasteiger partial charge in [0.15, 0.2) is 0 Å². The number of benzene rings is 1. The number of carbonyl (C=O) groups is 1. The van der Waals surface area contributed by atoms with E-state index in [4.69, 9.17) is 5.26 Å². The summed E-state index contributed by atoms with van der Waals surface area (Å²) in [4.78, 5) is 11.3. The van der Waals surface area contributed by atoms with Crippen molar-refractivity contribution in [2.45, 2.75) is 6.92 Å². The van der Waals surface area contributed by atoms with Gasteiger partial charge >= 0.3 is 5.97 Å². The van der Waals surface area contributed by atoms with Gasteiger partial charge in [0.2, 0.25) is 5.71 Å². The highest BCUT2D eigenvalue weighted by Gasteiger charge is 2.11. The van der Waals surface area contributed by atoms with E-state index < -0.39 is 5.97 Å². The van der Waals surface area contributed by atoms with E-state index in [0.29, 0.717) is 5.69 Å². The number of hydrogen-bond acceptors (Lipinski definition) is 6. The third-order valence-corrected chi connectivity index (χ3v) is 2.05. The van der Waals surface area contributed by atoms with Crippen LogP contribution in [0, 0.1) is 11.3 Å². The molecule has 0 saturated carbocycles. The zero-order valence-corrected chi connectivity index (χ0v) is 10.2. The molecule has 0 spiro atoms. The maximum atomic E-state index is 11.3. The molecule has 1 aromatic rings. The van der Waals surface area contributed by atoms with Gasteiger partial charge in [0.1, 0.15) is 6.07 Å². The first kappa shape index (κ1) is 13.5. The van der Waals surface area contributed by atoms with Gasteiger partial charge < -0.3 is 10.1 Å². The smallest absolute Gasteiger partial charge is 0.369 e. The van der Waals surface area contributed by atoms with E-state index >= 15 is 0 Å². The van der Waals surface area contributed by atoms with Gasteiger partial charge in [0.25, 0.3) is 0 Å². The Balaban J connectivity index is 2.71. The van der Waals surface area contributed by atoms with Crippen LogP contribution in [0.4, 0.5) is 11.4 Å². The van der Waals surface area contributed by atoms with Crippen molar-refractivity contribution in [1.82, 2.24) is 0 Å². The van der Waals surface area contributed by atoms with Crippen molar-refractivity contribution in [3.63, 3.8) is 0 Å². The van der Waals surface area contributed by atoms with Crippen LogP contribution in [0.1, 0.15) is 6.92 Å². The number of carbonyl (C=O) groups excluding carboxylic acids is 1. The molecule has 0 saturated heterocycles. The molecular formula is C12H14N4O2. The minimum absolute atomic E-state index is 0.205. The van der Waals surface area contributed by atoms with E-state index in [1.807, 2.05) is 19.2 Å². The number of rotatable bonds is 5. The van der Waals surface area contributed by atoms with Crippen molar-refractivity contribution in [3.05, 3.63) is 24.3 Å². The van der Waals surface area contributed by atoms with Crippen molar-refractivity contribution in [2.24, 2.45) is 5.10 Å². The second-order valence-electron chi connectivity index (χ2n) is 3.23. The number of nitrogens with zero attached hydrogens (tertiary/aromatic N) is 2. The van der Waals surface area contributed by atoms with Crippen LogP contribution in [0.25, 0.3) is 0 Å². The SMILES string of the molecule is CCOC(=O)/C(C#N)=N/Nc1ccc(NC)cc1. The van der Waals surface area contributed by atoms with E-state index in [2.05, 4.69) is 20.6 Å². The molecule has 18 heavy (non-hydrogen) atoms. The fourth-order valence-corrected chi connectivity index (χ4v) is 1.15. The fraction of sp³-hybridized carbons (Fsp3) is 0.250. The highest BCUT2D eigenvalue weighted by molar-refractivity contribution is 6.43. The van der Waals surface area contributed by atoms with Gasteiger partial charge in [0.05, 0.1) is 12.3 Å². The number of nitriles is 1. The predicted octanol–water partition coefficient (Wildman–Crippen LogP) is 1.58. The van der Waals surface area contributed by atoms with Crippen molar-refractivity contribution in [2.75, 3.05) is 24.4 Å². The highest BCUT2D eigenvalue weighted by Crippen LogP contribution is 2.12. The average Bonchev–Trinajstić information content (AvgIpc) is 2.40. The molecule has 1 rings (SSSR count). The third kappa shape index (κ3) is 3.79. The number of anilines is 2. The van der Waals surface area contributed by atoms with Gasteiger partial charge in [-0.05, 0) is 31.2 Å². The highest BCUT2D eigenvalue weighted by atomic mass is 16.5. The van der Waals surface area contributed by atoms with E-state index in [9.17, 15) is 4.79 Å². The van der Waals surface area contributed by atoms with E-state index in [1.54, 1.807) is 25.1 Å². The van der Waals surface area contributed by atoms with E-state index in [1.165, 1.54) is 0 Å². The molecule has 0 unspecified atom stereocenters. The summed E-state index contributed by atoms with van der Waals surface area (Å²) in [7, 11) is 1.81. The quantitative estimate of drug-likeness (QED) is 0.468. The van der Waals surface area contributed by atoms with Crippen LogP contribution in [0.15, 0.2) is 29.4 Å². The van der Waals surface area contributed by atoms with Gasteiger partial charge in [0, 0.05) is 12.7 Å². The number of ether oxygens (including phenoxy) is 1. The lowest BCUT2D eigenvalue weighted by atomic mass is 10.3. The van der Waals surface area contributed by atoms with Crippen LogP contribution in [0.3, 0.4) is 0 Å². The first-order chi connectivity index (χ1) is 8.71. The van der Waals surface area contributed by atoms with Gasteiger partial charge in [-0.25, -0.2) is 4.79 Å². The lowest BCUT2D eigenvalue weighted by Gasteiger charge is -2.03. The molecule has 0 bridgehead atoms. The molecule has 0 aliphatic rings. The third-order valence-electron chi connectivity index (χ3n) is 2.05. The lowest BCUT2D eigenvalue weighted by molar-refractivity contribution is -0.134. The molecule has 94 valence electrons. The predicted molar refractivity (Wildman–Crippen MR) is 69.3 cm³/mol. The molecular weight excluding hydrogens is 232 g/mol. The number of esters is 1. The van der Waals surface area contributed by atoms with Crippen molar-refractivity contribution < 1.29 is 9.53 Å². The molecule has 2 N–H and O–H groups in total. The molecule has 6 heteroatoms. The zero-order valence-electron chi connectivity index (χ0n) is 10.2. The summed E-state index contributed by atoms with van der Waals surface area (Å²) in [5.74, 6) is -0.737. The first-order valence-electron chi connectivity index (χ1n) is 5.40. The maximum Gasteiger partial charge on any atom is 0.369 e. The van der Waals surface area contributed by atoms with Crippen LogP contribution in [0.5, 0.6) is 0 Å². The summed E-state index contributed by atoms with van der Waals surface area (Å²) in [6.07, 6.45) is 0. The minimum Gasteiger partial charge on any atom is -0.461 e. The van der Waals surface area contributed by atoms with Gasteiger partial charge in [-0.1, -0.05) is 0 Å². The summed E-state index contributed by atoms with van der Waals surface area (Å²) < 4.78 is 4.68. The number of hydrogen-bond donors (Lipinski definition) is 2. The normalized spacial score (nSPS) is 10.4. The Labute approximate surface area is 105 Å². The van der Waals surface area contributed by atoms with Crippen LogP contribution in [0.2, 0.25) is 0 Å². The van der Waals surface area contributed by atoms with Crippen LogP contribution in [-0.4, -0.2) is 25.3 Å². The van der Waals surface area contributed by atoms with E-state index in [-0.39, 0.29) is 12.3 Å². The van der Waals surface area contributed by atoms with E-state index in [0.717, 1.165) is 5.69 Å². The summed E-state index contributed by atoms with van der Waals surface area (Å²) >= 11 is 0. The summed E-state index contributed by atoms with van der Waals surface area (Å²) in [6.45, 7) is 1.87. The Hall–Kier alpha value is -2.55. The summed E-state index contributed by atoms with van der Waals surface area (Å²) in [5.41, 5.74) is 3.94. The molecule has 0 fully saturated rings. The van der Waals surface area contributed by atoms with Gasteiger partial charge in [-0.2, -0.15) is 10.4 Å². The lowest BCUT2D eigenvalue weighted by Crippen LogP contribution is -2.17. The molecule has 0 amide bonds. The zero-order chi connectivity index (χ0) is 13.4. The Morgan fingerprint density at radius 1 is 1.39 bits per heavy atom. The number of hydrazone groups is 1. The molecule has 0 radical (unpaired) electrons. The topological polar surface area (TPSA) is 86.5 Å². The molecule has 1 aromatic carbocycles. The fourth-order valence-electron chi connectivity index (χ4n) is 1.15. The molecule has 0 aliphatic heterocycles. The summed E-state index contributed by atoms with van der Waals surface area (Å²) in [5, 5.41) is 15.4. The Bertz CT molecular complexity index is 474. The molecule has 0 aromatic heterocycles. The standard InChI is InChI=1S/C12H14N4O2/c1-3-18-12(17)11(8-13)16-15-10-6-4-9(14-2)5-7-10/h4-7,14-15H,3H2,1-2H3/b16-11+. The summed E-state index contributed by atoms with van der Waals surface area (Å²) in [6, 6.07) is 8.91. The monoisotopic (exact) mass is 246 g/mol. The van der Waals surface area contributed by atoms with Crippen LogP contribution < -0.4 is 10.7 Å². The van der Waals surface area contributed by atoms with Crippen molar-refractivity contribution in [1.29, 1.82) is 5.26 Å². The largest absolute Gasteiger partial charge is 0.461 e. The average molecular weight is 246 g/mol. The molecule has 0 atom stereocenters. The molecule has 0 heterocycles. The second kappa shape index (κ2) is 6.91. The van der Waals surface area contributed by atoms with Crippen molar-refractivity contribution >= 4 is 23.1 Å². The van der Waals surface area contributed by atoms with Gasteiger partial charge in [-0.15, -0.1) is 0 Å². The van der Waals surface area contributed by atoms with Gasteiger partial charge in [-0.3, -0.25) is 5.43 Å². The maximum absolute atomic E-state index is 11.3.